The molecule has 0 aliphatic rings. The molecular weight excluding hydrogens is 315 g/mol. The maximum absolute atomic E-state index is 13.7. The molecule has 4 heteroatoms. The fourth-order valence-electron chi connectivity index (χ4n) is 2.86. The van der Waals surface area contributed by atoms with Gasteiger partial charge in [-0.15, -0.1) is 0 Å². The molecule has 1 amide bonds. The largest absolute Gasteiger partial charge is 0.320 e. The minimum atomic E-state index is -0.375. The van der Waals surface area contributed by atoms with E-state index in [1.807, 2.05) is 62.4 Å². The average molecular weight is 335 g/mol. The molecule has 0 aliphatic heterocycles. The van der Waals surface area contributed by atoms with E-state index in [0.29, 0.717) is 0 Å². The van der Waals surface area contributed by atoms with Gasteiger partial charge in [-0.1, -0.05) is 36.4 Å². The van der Waals surface area contributed by atoms with Crippen molar-refractivity contribution < 1.29 is 13.8 Å². The average Bonchev–Trinajstić information content (AvgIpc) is 2.59. The second-order valence-electron chi connectivity index (χ2n) is 6.04. The number of aryl methyl sites for hydroxylation is 2. The Labute approximate surface area is 146 Å². The Morgan fingerprint density at radius 2 is 1.64 bits per heavy atom. The molecule has 0 bridgehead atoms. The smallest absolute Gasteiger partial charge is 0.290 e. The summed E-state index contributed by atoms with van der Waals surface area (Å²) >= 11 is 0. The van der Waals surface area contributed by atoms with Gasteiger partial charge in [0.05, 0.1) is 0 Å². The Hall–Kier alpha value is -3.01. The van der Waals surface area contributed by atoms with Crippen LogP contribution in [0.3, 0.4) is 0 Å². The molecule has 1 N–H and O–H groups in total. The molecule has 25 heavy (non-hydrogen) atoms. The number of halogens is 1. The number of nitrogens with one attached hydrogen (secondary N) is 1. The van der Waals surface area contributed by atoms with Gasteiger partial charge in [0.1, 0.15) is 0 Å². The topological polar surface area (TPSA) is 33.0 Å². The number of nitrogens with zero attached hydrogens (tertiary/aromatic N) is 1. The van der Waals surface area contributed by atoms with Crippen molar-refractivity contribution in [2.75, 3.05) is 5.32 Å². The summed E-state index contributed by atoms with van der Waals surface area (Å²) in [6, 6.07) is 18.6. The van der Waals surface area contributed by atoms with Gasteiger partial charge >= 0.3 is 0 Å². The monoisotopic (exact) mass is 335 g/mol. The van der Waals surface area contributed by atoms with E-state index in [1.54, 1.807) is 10.6 Å². The van der Waals surface area contributed by atoms with Crippen LogP contribution in [0.15, 0.2) is 66.9 Å². The van der Waals surface area contributed by atoms with Gasteiger partial charge in [0.2, 0.25) is 18.4 Å². The highest BCUT2D eigenvalue weighted by molar-refractivity contribution is 5.91. The molecule has 0 radical (unpaired) electrons. The first-order chi connectivity index (χ1) is 12.0. The van der Waals surface area contributed by atoms with Gasteiger partial charge in [-0.3, -0.25) is 4.79 Å². The van der Waals surface area contributed by atoms with Crippen LogP contribution >= 0.6 is 0 Å². The molecule has 0 saturated carbocycles. The molecule has 3 rings (SSSR count). The zero-order chi connectivity index (χ0) is 17.8. The van der Waals surface area contributed by atoms with Gasteiger partial charge in [-0.2, -0.15) is 4.57 Å². The molecule has 0 spiro atoms. The van der Waals surface area contributed by atoms with E-state index in [0.717, 1.165) is 28.1 Å². The molecule has 2 aromatic carbocycles. The quantitative estimate of drug-likeness (QED) is 0.717. The first-order valence-electron chi connectivity index (χ1n) is 8.15. The maximum atomic E-state index is 13.7. The van der Waals surface area contributed by atoms with Crippen molar-refractivity contribution in [1.29, 1.82) is 0 Å². The van der Waals surface area contributed by atoms with Crippen LogP contribution in [0.25, 0.3) is 11.3 Å². The summed E-state index contributed by atoms with van der Waals surface area (Å²) in [5.74, 6) is -0.565. The number of pyridine rings is 1. The molecule has 1 heterocycles. The van der Waals surface area contributed by atoms with E-state index in [-0.39, 0.29) is 18.3 Å². The molecule has 0 aliphatic carbocycles. The van der Waals surface area contributed by atoms with Crippen LogP contribution < -0.4 is 9.88 Å². The normalized spacial score (nSPS) is 10.5. The van der Waals surface area contributed by atoms with E-state index >= 15 is 0 Å². The lowest BCUT2D eigenvalue weighted by Gasteiger charge is -2.11. The fourth-order valence-corrected chi connectivity index (χ4v) is 2.86. The van der Waals surface area contributed by atoms with Crippen LogP contribution in [0.2, 0.25) is 0 Å². The van der Waals surface area contributed by atoms with E-state index in [9.17, 15) is 9.18 Å². The highest BCUT2D eigenvalue weighted by Gasteiger charge is 2.19. The van der Waals surface area contributed by atoms with Crippen molar-refractivity contribution in [3.63, 3.8) is 0 Å². The zero-order valence-corrected chi connectivity index (χ0v) is 14.3. The minimum Gasteiger partial charge on any atom is -0.320 e. The number of carbonyl (C=O) groups is 1. The van der Waals surface area contributed by atoms with Crippen molar-refractivity contribution in [1.82, 2.24) is 0 Å². The Balaban J connectivity index is 1.88. The van der Waals surface area contributed by atoms with Crippen molar-refractivity contribution in [3.05, 3.63) is 83.8 Å². The minimum absolute atomic E-state index is 0.0375. The third-order valence-electron chi connectivity index (χ3n) is 4.12. The summed E-state index contributed by atoms with van der Waals surface area (Å²) in [5, 5.41) is 2.94. The fraction of sp³-hybridized carbons (Fsp3) is 0.143. The Kier molecular flexibility index (Phi) is 4.89. The molecule has 126 valence electrons. The SMILES string of the molecule is Cc1cccc(C)c1NC(=O)C[n+]1cc(F)ccc1-c1ccccc1. The Morgan fingerprint density at radius 3 is 2.32 bits per heavy atom. The van der Waals surface area contributed by atoms with Crippen molar-refractivity contribution in [2.45, 2.75) is 20.4 Å². The van der Waals surface area contributed by atoms with E-state index < -0.39 is 0 Å². The molecule has 0 atom stereocenters. The zero-order valence-electron chi connectivity index (χ0n) is 14.3. The molecule has 3 nitrogen and oxygen atoms in total. The molecule has 0 saturated heterocycles. The van der Waals surface area contributed by atoms with Gasteiger partial charge in [0, 0.05) is 17.3 Å². The standard InChI is InChI=1S/C21H19FN2O/c1-15-7-6-8-16(2)21(15)23-20(25)14-24-13-18(22)11-12-19(24)17-9-4-3-5-10-17/h3-13H,14H2,1-2H3/p+1. The lowest BCUT2D eigenvalue weighted by Crippen LogP contribution is -2.42. The number of hydrogen-bond acceptors (Lipinski definition) is 1. The highest BCUT2D eigenvalue weighted by atomic mass is 19.1. The Morgan fingerprint density at radius 1 is 0.960 bits per heavy atom. The summed E-state index contributed by atoms with van der Waals surface area (Å²) in [5.41, 5.74) is 4.54. The van der Waals surface area contributed by atoms with Crippen molar-refractivity contribution >= 4 is 11.6 Å². The van der Waals surface area contributed by atoms with Gasteiger partial charge in [-0.25, -0.2) is 4.39 Å². The second kappa shape index (κ2) is 7.26. The maximum Gasteiger partial charge on any atom is 0.290 e. The predicted molar refractivity (Wildman–Crippen MR) is 96.6 cm³/mol. The highest BCUT2D eigenvalue weighted by Crippen LogP contribution is 2.19. The van der Waals surface area contributed by atoms with Crippen molar-refractivity contribution in [2.24, 2.45) is 0 Å². The predicted octanol–water partition coefficient (Wildman–Crippen LogP) is 4.04. The van der Waals surface area contributed by atoms with Crippen molar-refractivity contribution in [3.8, 4) is 11.3 Å². The summed E-state index contributed by atoms with van der Waals surface area (Å²) in [4.78, 5) is 12.5. The molecule has 0 fully saturated rings. The summed E-state index contributed by atoms with van der Waals surface area (Å²) < 4.78 is 15.3. The number of anilines is 1. The number of benzene rings is 2. The number of rotatable bonds is 4. The van der Waals surface area contributed by atoms with Crippen LogP contribution in [0, 0.1) is 19.7 Å². The van der Waals surface area contributed by atoms with Crippen LogP contribution in [0.4, 0.5) is 10.1 Å². The molecular formula is C21H20FN2O+. The summed E-state index contributed by atoms with van der Waals surface area (Å²) in [6.45, 7) is 3.94. The number of para-hydroxylation sites is 1. The summed E-state index contributed by atoms with van der Waals surface area (Å²) in [7, 11) is 0. The first kappa shape index (κ1) is 16.8. The Bertz CT molecular complexity index is 887. The van der Waals surface area contributed by atoms with Crippen LogP contribution in [0.5, 0.6) is 0 Å². The third kappa shape index (κ3) is 3.91. The number of carbonyl (C=O) groups excluding carboxylic acids is 1. The van der Waals surface area contributed by atoms with E-state index in [2.05, 4.69) is 5.32 Å². The lowest BCUT2D eigenvalue weighted by atomic mass is 10.1. The number of amides is 1. The van der Waals surface area contributed by atoms with Gasteiger partial charge in [0.15, 0.2) is 5.82 Å². The molecule has 0 unspecified atom stereocenters. The van der Waals surface area contributed by atoms with Crippen LogP contribution in [-0.2, 0) is 11.3 Å². The second-order valence-corrected chi connectivity index (χ2v) is 6.04. The molecule has 1 aromatic heterocycles. The van der Waals surface area contributed by atoms with Gasteiger partial charge in [0.25, 0.3) is 5.91 Å². The summed E-state index contributed by atoms with van der Waals surface area (Å²) in [6.07, 6.45) is 1.35. The number of hydrogen-bond donors (Lipinski definition) is 1. The first-order valence-corrected chi connectivity index (χ1v) is 8.15. The lowest BCUT2D eigenvalue weighted by molar-refractivity contribution is -0.674. The van der Waals surface area contributed by atoms with Gasteiger partial charge in [-0.05, 0) is 43.2 Å². The van der Waals surface area contributed by atoms with Crippen LogP contribution in [-0.4, -0.2) is 5.91 Å². The van der Waals surface area contributed by atoms with E-state index in [4.69, 9.17) is 0 Å². The molecule has 3 aromatic rings. The van der Waals surface area contributed by atoms with Crippen LogP contribution in [0.1, 0.15) is 11.1 Å². The van der Waals surface area contributed by atoms with Gasteiger partial charge < -0.3 is 5.32 Å². The third-order valence-corrected chi connectivity index (χ3v) is 4.12. The van der Waals surface area contributed by atoms with E-state index in [1.165, 1.54) is 12.3 Å². The number of aromatic nitrogens is 1.